The zero-order valence-electron chi connectivity index (χ0n) is 17.8. The molecule has 1 amide bonds. The number of benzene rings is 1. The molecule has 170 valence electrons. The van der Waals surface area contributed by atoms with Gasteiger partial charge in [-0.05, 0) is 37.6 Å². The Morgan fingerprint density at radius 3 is 2.16 bits per heavy atom. The number of aromatic nitrogens is 1. The minimum Gasteiger partial charge on any atom is -0.503 e. The van der Waals surface area contributed by atoms with Gasteiger partial charge in [-0.2, -0.15) is 0 Å². The van der Waals surface area contributed by atoms with Crippen molar-refractivity contribution in [2.45, 2.75) is 13.3 Å². The summed E-state index contributed by atoms with van der Waals surface area (Å²) < 4.78 is 34.0. The molecular weight excluding hydrogens is 428 g/mol. The highest BCUT2D eigenvalue weighted by Crippen LogP contribution is 2.39. The number of sulfone groups is 1. The first-order valence-corrected chi connectivity index (χ1v) is 11.5. The fourth-order valence-corrected chi connectivity index (χ4v) is 3.45. The second kappa shape index (κ2) is 9.73. The Hall–Kier alpha value is -3.21. The standard InChI is InChI=1S/C20H26N2O8S/c1-5-29-20(26)16-18(24)17(23)15(19(25)21(2)3)22(16)13-7-9-14(10-8-13)30-11-6-12-31(4,27)28/h7-10,23-24H,5-6,11-12H2,1-4H3. The number of esters is 1. The summed E-state index contributed by atoms with van der Waals surface area (Å²) in [6, 6.07) is 6.17. The van der Waals surface area contributed by atoms with Gasteiger partial charge < -0.3 is 24.6 Å². The van der Waals surface area contributed by atoms with E-state index >= 15 is 0 Å². The second-order valence-corrected chi connectivity index (χ2v) is 9.24. The number of carbonyl (C=O) groups excluding carboxylic acids is 2. The lowest BCUT2D eigenvalue weighted by molar-refractivity contribution is 0.0513. The lowest BCUT2D eigenvalue weighted by Crippen LogP contribution is -2.25. The predicted molar refractivity (Wildman–Crippen MR) is 113 cm³/mol. The number of hydrogen-bond donors (Lipinski definition) is 2. The maximum absolute atomic E-state index is 12.6. The average molecular weight is 455 g/mol. The monoisotopic (exact) mass is 454 g/mol. The Balaban J connectivity index is 2.42. The Morgan fingerprint density at radius 1 is 1.06 bits per heavy atom. The smallest absolute Gasteiger partial charge is 0.359 e. The molecule has 0 aliphatic rings. The first kappa shape index (κ1) is 24.1. The molecule has 1 aromatic heterocycles. The van der Waals surface area contributed by atoms with Gasteiger partial charge in [-0.3, -0.25) is 9.36 Å². The minimum atomic E-state index is -3.07. The van der Waals surface area contributed by atoms with E-state index in [0.29, 0.717) is 17.9 Å². The van der Waals surface area contributed by atoms with E-state index in [1.807, 2.05) is 0 Å². The van der Waals surface area contributed by atoms with Crippen molar-refractivity contribution in [3.63, 3.8) is 0 Å². The Bertz CT molecular complexity index is 1060. The van der Waals surface area contributed by atoms with E-state index < -0.39 is 33.2 Å². The number of aromatic hydroxyl groups is 2. The average Bonchev–Trinajstić information content (AvgIpc) is 2.95. The van der Waals surface area contributed by atoms with Gasteiger partial charge in [-0.1, -0.05) is 0 Å². The molecule has 0 bridgehead atoms. The number of ether oxygens (including phenoxy) is 2. The van der Waals surface area contributed by atoms with Gasteiger partial charge in [0.25, 0.3) is 5.91 Å². The summed E-state index contributed by atoms with van der Waals surface area (Å²) in [6.45, 7) is 1.81. The maximum Gasteiger partial charge on any atom is 0.359 e. The summed E-state index contributed by atoms with van der Waals surface area (Å²) in [5.74, 6) is -2.59. The van der Waals surface area contributed by atoms with Crippen LogP contribution in [0.15, 0.2) is 24.3 Å². The van der Waals surface area contributed by atoms with E-state index in [-0.39, 0.29) is 30.4 Å². The van der Waals surface area contributed by atoms with E-state index in [1.54, 1.807) is 19.1 Å². The van der Waals surface area contributed by atoms with Crippen molar-refractivity contribution in [2.24, 2.45) is 0 Å². The van der Waals surface area contributed by atoms with Crippen LogP contribution in [0.1, 0.15) is 34.3 Å². The van der Waals surface area contributed by atoms with E-state index in [0.717, 1.165) is 10.8 Å². The fourth-order valence-electron chi connectivity index (χ4n) is 2.80. The normalized spacial score (nSPS) is 11.2. The van der Waals surface area contributed by atoms with Crippen molar-refractivity contribution in [3.8, 4) is 22.9 Å². The van der Waals surface area contributed by atoms with Gasteiger partial charge in [0.2, 0.25) is 0 Å². The van der Waals surface area contributed by atoms with Crippen LogP contribution in [0.3, 0.4) is 0 Å². The maximum atomic E-state index is 12.6. The highest BCUT2D eigenvalue weighted by molar-refractivity contribution is 7.90. The molecule has 0 saturated heterocycles. The number of nitrogens with zero attached hydrogens (tertiary/aromatic N) is 2. The first-order valence-electron chi connectivity index (χ1n) is 9.44. The Kier molecular flexibility index (Phi) is 7.55. The van der Waals surface area contributed by atoms with Gasteiger partial charge in [0, 0.05) is 26.0 Å². The number of hydrogen-bond acceptors (Lipinski definition) is 8. The van der Waals surface area contributed by atoms with Gasteiger partial charge in [-0.15, -0.1) is 0 Å². The molecule has 2 N–H and O–H groups in total. The van der Waals surface area contributed by atoms with Gasteiger partial charge in [-0.25, -0.2) is 13.2 Å². The van der Waals surface area contributed by atoms with Gasteiger partial charge >= 0.3 is 5.97 Å². The molecule has 0 radical (unpaired) electrons. The van der Waals surface area contributed by atoms with Crippen LogP contribution in [0, 0.1) is 0 Å². The molecule has 0 saturated carbocycles. The van der Waals surface area contributed by atoms with Gasteiger partial charge in [0.15, 0.2) is 22.9 Å². The van der Waals surface area contributed by atoms with Crippen LogP contribution in [-0.2, 0) is 14.6 Å². The summed E-state index contributed by atoms with van der Waals surface area (Å²) in [5.41, 5.74) is -0.383. The van der Waals surface area contributed by atoms with E-state index in [2.05, 4.69) is 0 Å². The number of carbonyl (C=O) groups is 2. The molecule has 0 unspecified atom stereocenters. The topological polar surface area (TPSA) is 135 Å². The van der Waals surface area contributed by atoms with Crippen molar-refractivity contribution in [1.82, 2.24) is 9.47 Å². The van der Waals surface area contributed by atoms with Crippen LogP contribution >= 0.6 is 0 Å². The molecule has 0 spiro atoms. The van der Waals surface area contributed by atoms with Crippen LogP contribution < -0.4 is 4.74 Å². The molecule has 10 nitrogen and oxygen atoms in total. The Morgan fingerprint density at radius 2 is 1.65 bits per heavy atom. The molecule has 0 fully saturated rings. The molecular formula is C20H26N2O8S. The fraction of sp³-hybridized carbons (Fsp3) is 0.400. The van der Waals surface area contributed by atoms with Crippen molar-refractivity contribution >= 4 is 21.7 Å². The van der Waals surface area contributed by atoms with E-state index in [1.165, 1.54) is 31.1 Å². The number of amides is 1. The first-order chi connectivity index (χ1) is 14.5. The summed E-state index contributed by atoms with van der Waals surface area (Å²) in [6.07, 6.45) is 1.48. The van der Waals surface area contributed by atoms with Crippen LogP contribution in [0.5, 0.6) is 17.2 Å². The SMILES string of the molecule is CCOC(=O)c1c(O)c(O)c(C(=O)N(C)C)n1-c1ccc(OCCCS(C)(=O)=O)cc1. The lowest BCUT2D eigenvalue weighted by Gasteiger charge is -2.16. The third kappa shape index (κ3) is 5.69. The summed E-state index contributed by atoms with van der Waals surface area (Å²) in [4.78, 5) is 26.3. The highest BCUT2D eigenvalue weighted by Gasteiger charge is 2.33. The number of rotatable bonds is 9. The predicted octanol–water partition coefficient (Wildman–Crippen LogP) is 1.58. The van der Waals surface area contributed by atoms with E-state index in [4.69, 9.17) is 9.47 Å². The second-order valence-electron chi connectivity index (χ2n) is 6.98. The third-order valence-electron chi connectivity index (χ3n) is 4.22. The molecule has 0 aliphatic heterocycles. The Labute approximate surface area is 180 Å². The van der Waals surface area contributed by atoms with Crippen molar-refractivity contribution in [3.05, 3.63) is 35.7 Å². The lowest BCUT2D eigenvalue weighted by atomic mass is 10.2. The molecule has 0 atom stereocenters. The molecule has 1 heterocycles. The van der Waals surface area contributed by atoms with Crippen LogP contribution in [0.2, 0.25) is 0 Å². The highest BCUT2D eigenvalue weighted by atomic mass is 32.2. The molecule has 1 aromatic carbocycles. The molecule has 2 aromatic rings. The van der Waals surface area contributed by atoms with Crippen molar-refractivity contribution in [2.75, 3.05) is 39.3 Å². The zero-order valence-corrected chi connectivity index (χ0v) is 18.6. The van der Waals surface area contributed by atoms with Gasteiger partial charge in [0.05, 0.1) is 19.0 Å². The quantitative estimate of drug-likeness (QED) is 0.431. The zero-order chi connectivity index (χ0) is 23.3. The summed E-state index contributed by atoms with van der Waals surface area (Å²) in [7, 11) is -0.139. The van der Waals surface area contributed by atoms with Crippen LogP contribution in [0.25, 0.3) is 5.69 Å². The molecule has 11 heteroatoms. The molecule has 0 aliphatic carbocycles. The van der Waals surface area contributed by atoms with Crippen LogP contribution in [-0.4, -0.2) is 79.3 Å². The van der Waals surface area contributed by atoms with Gasteiger partial charge in [0.1, 0.15) is 15.6 Å². The largest absolute Gasteiger partial charge is 0.503 e. The summed E-state index contributed by atoms with van der Waals surface area (Å²) >= 11 is 0. The van der Waals surface area contributed by atoms with Crippen LogP contribution in [0.4, 0.5) is 0 Å². The van der Waals surface area contributed by atoms with Crippen molar-refractivity contribution < 1.29 is 37.7 Å². The minimum absolute atomic E-state index is 0.00586. The summed E-state index contributed by atoms with van der Waals surface area (Å²) in [5, 5.41) is 20.7. The van der Waals surface area contributed by atoms with E-state index in [9.17, 15) is 28.2 Å². The third-order valence-corrected chi connectivity index (χ3v) is 5.25. The van der Waals surface area contributed by atoms with Crippen molar-refractivity contribution in [1.29, 1.82) is 0 Å². The molecule has 31 heavy (non-hydrogen) atoms. The molecule has 2 rings (SSSR count).